The Balaban J connectivity index is 1.54. The highest BCUT2D eigenvalue weighted by Gasteiger charge is 2.39. The number of rotatable bonds is 3. The minimum Gasteiger partial charge on any atom is -0.490 e. The SMILES string of the molecule is CN1CCC(Oc2ccc3c(c2)CN(c2cn[nH]c(=O)c2C(F)(F)F)C3)CC1. The van der Waals surface area contributed by atoms with E-state index in [2.05, 4.69) is 17.0 Å². The van der Waals surface area contributed by atoms with Gasteiger partial charge in [0, 0.05) is 26.2 Å². The molecule has 1 aromatic heterocycles. The van der Waals surface area contributed by atoms with Crippen molar-refractivity contribution >= 4 is 5.69 Å². The lowest BCUT2D eigenvalue weighted by molar-refractivity contribution is -0.138. The first-order valence-electron chi connectivity index (χ1n) is 9.18. The van der Waals surface area contributed by atoms with E-state index in [1.807, 2.05) is 23.3 Å². The molecule has 1 fully saturated rings. The summed E-state index contributed by atoms with van der Waals surface area (Å²) < 4.78 is 46.1. The van der Waals surface area contributed by atoms with E-state index >= 15 is 0 Å². The molecule has 2 aliphatic heterocycles. The number of nitrogens with one attached hydrogen (secondary N) is 1. The highest BCUT2D eigenvalue weighted by Crippen LogP contribution is 2.37. The highest BCUT2D eigenvalue weighted by molar-refractivity contribution is 5.56. The maximum absolute atomic E-state index is 13.3. The number of aromatic nitrogens is 2. The van der Waals surface area contributed by atoms with Crippen molar-refractivity contribution < 1.29 is 17.9 Å². The summed E-state index contributed by atoms with van der Waals surface area (Å²) in [7, 11) is 2.08. The molecule has 0 atom stereocenters. The summed E-state index contributed by atoms with van der Waals surface area (Å²) in [6.45, 7) is 2.53. The minimum absolute atomic E-state index is 0.153. The van der Waals surface area contributed by atoms with Gasteiger partial charge in [-0.25, -0.2) is 5.10 Å². The van der Waals surface area contributed by atoms with Crippen molar-refractivity contribution in [2.75, 3.05) is 25.0 Å². The van der Waals surface area contributed by atoms with Gasteiger partial charge in [0.2, 0.25) is 0 Å². The van der Waals surface area contributed by atoms with Crippen LogP contribution in [0.1, 0.15) is 29.5 Å². The van der Waals surface area contributed by atoms with Crippen molar-refractivity contribution in [3.05, 3.63) is 51.4 Å². The summed E-state index contributed by atoms with van der Waals surface area (Å²) in [5.41, 5.74) is -0.821. The summed E-state index contributed by atoms with van der Waals surface area (Å²) in [6.07, 6.45) is -1.63. The van der Waals surface area contributed by atoms with Crippen LogP contribution in [0.2, 0.25) is 0 Å². The van der Waals surface area contributed by atoms with Gasteiger partial charge < -0.3 is 14.5 Å². The number of aromatic amines is 1. The van der Waals surface area contributed by atoms with Crippen molar-refractivity contribution in [1.82, 2.24) is 15.1 Å². The summed E-state index contributed by atoms with van der Waals surface area (Å²) in [6, 6.07) is 5.64. The van der Waals surface area contributed by atoms with E-state index in [9.17, 15) is 18.0 Å². The maximum Gasteiger partial charge on any atom is 0.423 e. The van der Waals surface area contributed by atoms with Gasteiger partial charge in [-0.2, -0.15) is 18.3 Å². The number of ether oxygens (including phenoxy) is 1. The van der Waals surface area contributed by atoms with Gasteiger partial charge in [-0.05, 0) is 43.1 Å². The van der Waals surface area contributed by atoms with E-state index < -0.39 is 17.3 Å². The Morgan fingerprint density at radius 1 is 1.18 bits per heavy atom. The minimum atomic E-state index is -4.75. The molecule has 1 N–H and O–H groups in total. The van der Waals surface area contributed by atoms with E-state index in [4.69, 9.17) is 4.74 Å². The third kappa shape index (κ3) is 3.71. The first-order chi connectivity index (χ1) is 13.3. The van der Waals surface area contributed by atoms with Crippen LogP contribution in [0.3, 0.4) is 0 Å². The van der Waals surface area contributed by atoms with Gasteiger partial charge in [0.15, 0.2) is 0 Å². The summed E-state index contributed by atoms with van der Waals surface area (Å²) >= 11 is 0. The van der Waals surface area contributed by atoms with Crippen LogP contribution in [-0.4, -0.2) is 41.3 Å². The molecule has 28 heavy (non-hydrogen) atoms. The summed E-state index contributed by atoms with van der Waals surface area (Å²) in [5.74, 6) is 0.732. The summed E-state index contributed by atoms with van der Waals surface area (Å²) in [4.78, 5) is 15.5. The molecule has 0 aliphatic carbocycles. The predicted molar refractivity (Wildman–Crippen MR) is 97.3 cm³/mol. The van der Waals surface area contributed by atoms with Crippen molar-refractivity contribution in [2.24, 2.45) is 0 Å². The molecule has 4 rings (SSSR count). The number of nitrogens with zero attached hydrogens (tertiary/aromatic N) is 3. The normalized spacial score (nSPS) is 18.4. The number of hydrogen-bond donors (Lipinski definition) is 1. The Morgan fingerprint density at radius 2 is 1.89 bits per heavy atom. The van der Waals surface area contributed by atoms with Gasteiger partial charge in [0.25, 0.3) is 5.56 Å². The fourth-order valence-electron chi connectivity index (χ4n) is 3.81. The molecule has 0 radical (unpaired) electrons. The van der Waals surface area contributed by atoms with Gasteiger partial charge in [-0.1, -0.05) is 6.07 Å². The first-order valence-corrected chi connectivity index (χ1v) is 9.18. The standard InChI is InChI=1S/C19H21F3N4O2/c1-25-6-4-14(5-7-25)28-15-3-2-12-10-26(11-13(12)8-15)16-9-23-24-18(27)17(16)19(20,21)22/h2-3,8-9,14H,4-7,10-11H2,1H3,(H,24,27). The van der Waals surface area contributed by atoms with E-state index in [1.54, 1.807) is 0 Å². The molecule has 0 spiro atoms. The molecular weight excluding hydrogens is 373 g/mol. The molecule has 1 saturated heterocycles. The Bertz CT molecular complexity index is 920. The number of fused-ring (bicyclic) bond motifs is 1. The van der Waals surface area contributed by atoms with Crippen LogP contribution in [-0.2, 0) is 19.3 Å². The zero-order valence-electron chi connectivity index (χ0n) is 15.4. The number of piperidine rings is 1. The van der Waals surface area contributed by atoms with Gasteiger partial charge >= 0.3 is 6.18 Å². The molecular formula is C19H21F3N4O2. The zero-order valence-corrected chi connectivity index (χ0v) is 15.4. The van der Waals surface area contributed by atoms with Crippen LogP contribution < -0.4 is 15.2 Å². The quantitative estimate of drug-likeness (QED) is 0.868. The lowest BCUT2D eigenvalue weighted by Gasteiger charge is -2.29. The fourth-order valence-corrected chi connectivity index (χ4v) is 3.81. The molecule has 6 nitrogen and oxygen atoms in total. The smallest absolute Gasteiger partial charge is 0.423 e. The lowest BCUT2D eigenvalue weighted by Crippen LogP contribution is -2.35. The molecule has 0 amide bonds. The molecule has 150 valence electrons. The predicted octanol–water partition coefficient (Wildman–Crippen LogP) is 2.78. The van der Waals surface area contributed by atoms with Gasteiger partial charge in [-0.15, -0.1) is 0 Å². The second kappa shape index (κ2) is 7.12. The average molecular weight is 394 g/mol. The molecule has 9 heteroatoms. The third-order valence-corrected chi connectivity index (χ3v) is 5.33. The van der Waals surface area contributed by atoms with Crippen molar-refractivity contribution in [2.45, 2.75) is 38.2 Å². The van der Waals surface area contributed by atoms with E-state index in [0.29, 0.717) is 0 Å². The first kappa shape index (κ1) is 18.8. The number of likely N-dealkylation sites (tertiary alicyclic amines) is 1. The monoisotopic (exact) mass is 394 g/mol. The topological polar surface area (TPSA) is 61.5 Å². The lowest BCUT2D eigenvalue weighted by atomic mass is 10.1. The van der Waals surface area contributed by atoms with Gasteiger partial charge in [0.05, 0.1) is 11.9 Å². The fraction of sp³-hybridized carbons (Fsp3) is 0.474. The maximum atomic E-state index is 13.3. The van der Waals surface area contributed by atoms with Gasteiger partial charge in [-0.3, -0.25) is 4.79 Å². The average Bonchev–Trinajstić information content (AvgIpc) is 3.05. The zero-order chi connectivity index (χ0) is 19.9. The molecule has 0 bridgehead atoms. The molecule has 0 unspecified atom stereocenters. The van der Waals surface area contributed by atoms with Gasteiger partial charge in [0.1, 0.15) is 17.4 Å². The third-order valence-electron chi connectivity index (χ3n) is 5.33. The van der Waals surface area contributed by atoms with Crippen LogP contribution in [0, 0.1) is 0 Å². The van der Waals surface area contributed by atoms with Crippen molar-refractivity contribution in [3.63, 3.8) is 0 Å². The molecule has 0 saturated carbocycles. The number of halogens is 3. The highest BCUT2D eigenvalue weighted by atomic mass is 19.4. The largest absolute Gasteiger partial charge is 0.490 e. The number of H-pyrrole nitrogens is 1. The van der Waals surface area contributed by atoms with E-state index in [-0.39, 0.29) is 24.9 Å². The van der Waals surface area contributed by atoms with Crippen molar-refractivity contribution in [1.29, 1.82) is 0 Å². The van der Waals surface area contributed by atoms with Crippen LogP contribution in [0.5, 0.6) is 5.75 Å². The second-order valence-corrected chi connectivity index (χ2v) is 7.36. The number of anilines is 1. The number of alkyl halides is 3. The van der Waals surface area contributed by atoms with E-state index in [0.717, 1.165) is 49.0 Å². The summed E-state index contributed by atoms with van der Waals surface area (Å²) in [5, 5.41) is 5.43. The molecule has 2 aromatic rings. The molecule has 2 aliphatic rings. The Labute approximate surface area is 159 Å². The Morgan fingerprint density at radius 3 is 2.61 bits per heavy atom. The molecule has 3 heterocycles. The van der Waals surface area contributed by atoms with Crippen LogP contribution in [0.15, 0.2) is 29.2 Å². The van der Waals surface area contributed by atoms with Crippen LogP contribution in [0.25, 0.3) is 0 Å². The Kier molecular flexibility index (Phi) is 4.78. The van der Waals surface area contributed by atoms with Crippen LogP contribution in [0.4, 0.5) is 18.9 Å². The van der Waals surface area contributed by atoms with Crippen LogP contribution >= 0.6 is 0 Å². The van der Waals surface area contributed by atoms with E-state index in [1.165, 1.54) is 4.90 Å². The second-order valence-electron chi connectivity index (χ2n) is 7.36. The number of hydrogen-bond acceptors (Lipinski definition) is 5. The number of benzene rings is 1. The molecule has 1 aromatic carbocycles. The van der Waals surface area contributed by atoms with Crippen molar-refractivity contribution in [3.8, 4) is 5.75 Å². The Hall–Kier alpha value is -2.55.